The number of hydrogen-bond acceptors (Lipinski definition) is 3. The summed E-state index contributed by atoms with van der Waals surface area (Å²) in [4.78, 5) is 11.5. The van der Waals surface area contributed by atoms with Gasteiger partial charge in [0.2, 0.25) is 0 Å². The minimum absolute atomic E-state index is 0.0589. The molecule has 1 aliphatic carbocycles. The van der Waals surface area contributed by atoms with E-state index >= 15 is 0 Å². The third-order valence-electron chi connectivity index (χ3n) is 2.61. The van der Waals surface area contributed by atoms with Gasteiger partial charge in [-0.1, -0.05) is 6.08 Å². The molecule has 0 bridgehead atoms. The summed E-state index contributed by atoms with van der Waals surface area (Å²) in [6.07, 6.45) is 3.14. The zero-order valence-corrected chi connectivity index (χ0v) is 8.97. The molecule has 1 aliphatic rings. The number of ketones is 1. The number of carbonyl (C=O) groups is 1. The van der Waals surface area contributed by atoms with Crippen LogP contribution in [0.25, 0.3) is 0 Å². The van der Waals surface area contributed by atoms with Crippen molar-refractivity contribution in [1.29, 1.82) is 0 Å². The van der Waals surface area contributed by atoms with E-state index in [-0.39, 0.29) is 11.7 Å². The normalized spacial score (nSPS) is 24.5. The van der Waals surface area contributed by atoms with E-state index in [0.717, 1.165) is 12.0 Å². The first-order valence-electron chi connectivity index (χ1n) is 4.50. The Hall–Kier alpha value is -0.280. The third kappa shape index (κ3) is 2.58. The van der Waals surface area contributed by atoms with Crippen LogP contribution in [-0.2, 0) is 4.79 Å². The Morgan fingerprint density at radius 2 is 2.31 bits per heavy atom. The highest BCUT2D eigenvalue weighted by Gasteiger charge is 2.31. The topological polar surface area (TPSA) is 37.3 Å². The van der Waals surface area contributed by atoms with Crippen LogP contribution in [0.3, 0.4) is 0 Å². The molecule has 0 saturated heterocycles. The summed E-state index contributed by atoms with van der Waals surface area (Å²) in [5.41, 5.74) is 0.0395. The summed E-state index contributed by atoms with van der Waals surface area (Å²) < 4.78 is 0. The summed E-state index contributed by atoms with van der Waals surface area (Å²) in [6, 6.07) is 0. The highest BCUT2D eigenvalue weighted by molar-refractivity contribution is 7.80. The lowest BCUT2D eigenvalue weighted by atomic mass is 9.79. The number of aliphatic hydroxyl groups is 1. The Labute approximate surface area is 84.4 Å². The van der Waals surface area contributed by atoms with E-state index in [2.05, 4.69) is 12.6 Å². The van der Waals surface area contributed by atoms with E-state index in [4.69, 9.17) is 0 Å². The SMILES string of the molecule is CC(C)(O)C1CC=C(CS)C(=O)C1. The molecule has 0 spiro atoms. The molecule has 0 radical (unpaired) electrons. The lowest BCUT2D eigenvalue weighted by molar-refractivity contribution is -0.119. The van der Waals surface area contributed by atoms with Gasteiger partial charge in [-0.15, -0.1) is 0 Å². The largest absolute Gasteiger partial charge is 0.390 e. The van der Waals surface area contributed by atoms with Crippen LogP contribution in [0.1, 0.15) is 26.7 Å². The average molecular weight is 200 g/mol. The first-order chi connectivity index (χ1) is 5.95. The summed E-state index contributed by atoms with van der Waals surface area (Å²) in [6.45, 7) is 3.51. The molecule has 13 heavy (non-hydrogen) atoms. The van der Waals surface area contributed by atoms with Gasteiger partial charge in [0, 0.05) is 17.7 Å². The molecule has 1 N–H and O–H groups in total. The molecule has 0 aromatic rings. The Balaban J connectivity index is 2.72. The van der Waals surface area contributed by atoms with Crippen LogP contribution >= 0.6 is 12.6 Å². The number of Topliss-reactive ketones (excluding diaryl/α,β-unsaturated/α-hetero) is 1. The molecule has 0 fully saturated rings. The summed E-state index contributed by atoms with van der Waals surface area (Å²) in [5, 5.41) is 9.72. The maximum Gasteiger partial charge on any atom is 0.159 e. The highest BCUT2D eigenvalue weighted by atomic mass is 32.1. The van der Waals surface area contributed by atoms with E-state index in [1.165, 1.54) is 0 Å². The molecule has 0 aliphatic heterocycles. The molecule has 0 amide bonds. The zero-order valence-electron chi connectivity index (χ0n) is 8.08. The molecule has 0 aromatic carbocycles. The molecule has 1 atom stereocenters. The van der Waals surface area contributed by atoms with Crippen molar-refractivity contribution in [3.8, 4) is 0 Å². The van der Waals surface area contributed by atoms with Crippen molar-refractivity contribution in [2.45, 2.75) is 32.3 Å². The lowest BCUT2D eigenvalue weighted by Gasteiger charge is -2.30. The third-order valence-corrected chi connectivity index (χ3v) is 2.95. The number of rotatable bonds is 2. The quantitative estimate of drug-likeness (QED) is 0.664. The van der Waals surface area contributed by atoms with Gasteiger partial charge in [-0.2, -0.15) is 12.6 Å². The first-order valence-corrected chi connectivity index (χ1v) is 5.14. The average Bonchev–Trinajstić information content (AvgIpc) is 2.02. The second-order valence-corrected chi connectivity index (χ2v) is 4.42. The van der Waals surface area contributed by atoms with Gasteiger partial charge in [-0.25, -0.2) is 0 Å². The number of allylic oxidation sites excluding steroid dienone is 1. The minimum atomic E-state index is -0.756. The van der Waals surface area contributed by atoms with Crippen molar-refractivity contribution in [2.24, 2.45) is 5.92 Å². The van der Waals surface area contributed by atoms with Crippen molar-refractivity contribution in [1.82, 2.24) is 0 Å². The van der Waals surface area contributed by atoms with Gasteiger partial charge in [0.1, 0.15) is 0 Å². The molecule has 2 nitrogen and oxygen atoms in total. The van der Waals surface area contributed by atoms with Gasteiger partial charge in [-0.05, 0) is 26.2 Å². The van der Waals surface area contributed by atoms with Gasteiger partial charge in [0.05, 0.1) is 5.60 Å². The summed E-state index contributed by atoms with van der Waals surface area (Å²) >= 11 is 4.07. The van der Waals surface area contributed by atoms with Crippen molar-refractivity contribution in [3.05, 3.63) is 11.6 Å². The maximum absolute atomic E-state index is 11.5. The van der Waals surface area contributed by atoms with Crippen LogP contribution < -0.4 is 0 Å². The fraction of sp³-hybridized carbons (Fsp3) is 0.700. The van der Waals surface area contributed by atoms with E-state index in [9.17, 15) is 9.90 Å². The molecular formula is C10H16O2S. The Bertz CT molecular complexity index is 238. The van der Waals surface area contributed by atoms with Crippen LogP contribution in [-0.4, -0.2) is 22.2 Å². The van der Waals surface area contributed by atoms with Crippen LogP contribution in [0, 0.1) is 5.92 Å². The molecule has 74 valence electrons. The van der Waals surface area contributed by atoms with Crippen LogP contribution in [0.5, 0.6) is 0 Å². The smallest absolute Gasteiger partial charge is 0.159 e. The zero-order chi connectivity index (χ0) is 10.1. The van der Waals surface area contributed by atoms with Crippen molar-refractivity contribution >= 4 is 18.4 Å². The highest BCUT2D eigenvalue weighted by Crippen LogP contribution is 2.29. The van der Waals surface area contributed by atoms with E-state index < -0.39 is 5.60 Å². The fourth-order valence-electron chi connectivity index (χ4n) is 1.53. The van der Waals surface area contributed by atoms with Gasteiger partial charge < -0.3 is 5.11 Å². The summed E-state index contributed by atoms with van der Waals surface area (Å²) in [5.74, 6) is 0.703. The number of thiol groups is 1. The Kier molecular flexibility index (Phi) is 3.19. The Morgan fingerprint density at radius 3 is 2.69 bits per heavy atom. The molecule has 3 heteroatoms. The summed E-state index contributed by atoms with van der Waals surface area (Å²) in [7, 11) is 0. The van der Waals surface area contributed by atoms with Gasteiger partial charge in [0.15, 0.2) is 5.78 Å². The fourth-order valence-corrected chi connectivity index (χ4v) is 1.83. The van der Waals surface area contributed by atoms with Crippen molar-refractivity contribution in [3.63, 3.8) is 0 Å². The molecule has 0 aromatic heterocycles. The molecule has 0 heterocycles. The van der Waals surface area contributed by atoms with Gasteiger partial charge >= 0.3 is 0 Å². The second-order valence-electron chi connectivity index (χ2n) is 4.10. The minimum Gasteiger partial charge on any atom is -0.390 e. The maximum atomic E-state index is 11.5. The van der Waals surface area contributed by atoms with Crippen LogP contribution in [0.4, 0.5) is 0 Å². The molecule has 1 unspecified atom stereocenters. The lowest BCUT2D eigenvalue weighted by Crippen LogP contribution is -2.34. The van der Waals surface area contributed by atoms with Gasteiger partial charge in [0.25, 0.3) is 0 Å². The standard InChI is InChI=1S/C10H16O2S/c1-10(2,12)8-4-3-7(6-13)9(11)5-8/h3,8,12-13H,4-6H2,1-2H3. The van der Waals surface area contributed by atoms with Crippen LogP contribution in [0.15, 0.2) is 11.6 Å². The number of hydrogen-bond donors (Lipinski definition) is 2. The van der Waals surface area contributed by atoms with Gasteiger partial charge in [-0.3, -0.25) is 4.79 Å². The monoisotopic (exact) mass is 200 g/mol. The first kappa shape index (κ1) is 10.8. The second kappa shape index (κ2) is 3.84. The van der Waals surface area contributed by atoms with E-state index in [1.807, 2.05) is 6.08 Å². The number of carbonyl (C=O) groups excluding carboxylic acids is 1. The van der Waals surface area contributed by atoms with Crippen LogP contribution in [0.2, 0.25) is 0 Å². The molecular weight excluding hydrogens is 184 g/mol. The molecule has 0 saturated carbocycles. The molecule has 1 rings (SSSR count). The van der Waals surface area contributed by atoms with E-state index in [1.54, 1.807) is 13.8 Å². The predicted octanol–water partition coefficient (Wildman–Crippen LogP) is 1.59. The van der Waals surface area contributed by atoms with Crippen molar-refractivity contribution in [2.75, 3.05) is 5.75 Å². The van der Waals surface area contributed by atoms with Crippen molar-refractivity contribution < 1.29 is 9.90 Å². The Morgan fingerprint density at radius 1 is 1.69 bits per heavy atom. The van der Waals surface area contributed by atoms with E-state index in [0.29, 0.717) is 12.2 Å². The predicted molar refractivity (Wildman–Crippen MR) is 56.0 cm³/mol.